The van der Waals surface area contributed by atoms with Crippen molar-refractivity contribution in [2.75, 3.05) is 24.7 Å². The zero-order valence-corrected chi connectivity index (χ0v) is 11.5. The van der Waals surface area contributed by atoms with Crippen molar-refractivity contribution in [1.29, 1.82) is 0 Å². The van der Waals surface area contributed by atoms with E-state index in [0.29, 0.717) is 24.5 Å². The smallest absolute Gasteiger partial charge is 0.237 e. The molecule has 6 N–H and O–H groups in total. The van der Waals surface area contributed by atoms with Crippen molar-refractivity contribution in [3.63, 3.8) is 0 Å². The number of nitrogens with one attached hydrogen (secondary N) is 2. The fourth-order valence-corrected chi connectivity index (χ4v) is 3.01. The maximum atomic E-state index is 11.3. The molecule has 0 unspecified atom stereocenters. The lowest BCUT2D eigenvalue weighted by atomic mass is 10.3. The topological polar surface area (TPSA) is 110 Å². The van der Waals surface area contributed by atoms with Crippen LogP contribution < -0.4 is 22.1 Å². The minimum absolute atomic E-state index is 0.0615. The van der Waals surface area contributed by atoms with Crippen molar-refractivity contribution in [3.05, 3.63) is 0 Å². The Morgan fingerprint density at radius 2 is 2.00 bits per heavy atom. The van der Waals surface area contributed by atoms with Crippen molar-refractivity contribution in [1.82, 2.24) is 10.6 Å². The van der Waals surface area contributed by atoms with Gasteiger partial charge in [0.05, 0.1) is 12.7 Å². The van der Waals surface area contributed by atoms with Gasteiger partial charge in [-0.1, -0.05) is 21.6 Å². The highest BCUT2D eigenvalue weighted by molar-refractivity contribution is 8.76. The van der Waals surface area contributed by atoms with Gasteiger partial charge >= 0.3 is 0 Å². The van der Waals surface area contributed by atoms with Crippen LogP contribution in [0.1, 0.15) is 13.3 Å². The molecule has 17 heavy (non-hydrogen) atoms. The van der Waals surface area contributed by atoms with Gasteiger partial charge in [-0.15, -0.1) is 0 Å². The van der Waals surface area contributed by atoms with Crippen LogP contribution in [0.15, 0.2) is 0 Å². The lowest BCUT2D eigenvalue weighted by molar-refractivity contribution is -0.122. The molecule has 2 amide bonds. The third-order valence-electron chi connectivity index (χ3n) is 1.73. The van der Waals surface area contributed by atoms with Gasteiger partial charge in [0.2, 0.25) is 11.8 Å². The van der Waals surface area contributed by atoms with Gasteiger partial charge < -0.3 is 22.1 Å². The van der Waals surface area contributed by atoms with Crippen molar-refractivity contribution in [3.8, 4) is 0 Å². The van der Waals surface area contributed by atoms with Gasteiger partial charge in [-0.2, -0.15) is 0 Å². The van der Waals surface area contributed by atoms with Crippen molar-refractivity contribution in [2.45, 2.75) is 19.4 Å². The Labute approximate surface area is 109 Å². The molecule has 0 aliphatic heterocycles. The lowest BCUT2D eigenvalue weighted by Gasteiger charge is -2.10. The molecule has 0 aliphatic rings. The SMILES string of the molecule is CCNC(=O)[C@@H](N)CSSCCC(=O)NCN. The summed E-state index contributed by atoms with van der Waals surface area (Å²) >= 11 is 0. The Hall–Kier alpha value is -0.440. The molecule has 6 nitrogen and oxygen atoms in total. The number of likely N-dealkylation sites (N-methyl/N-ethyl adjacent to an activating group) is 1. The van der Waals surface area contributed by atoms with Gasteiger partial charge in [0.15, 0.2) is 0 Å². The van der Waals surface area contributed by atoms with Crippen LogP contribution in [0.25, 0.3) is 0 Å². The van der Waals surface area contributed by atoms with Gasteiger partial charge in [0.1, 0.15) is 0 Å². The van der Waals surface area contributed by atoms with E-state index in [-0.39, 0.29) is 18.5 Å². The Balaban J connectivity index is 3.45. The molecule has 0 bridgehead atoms. The van der Waals surface area contributed by atoms with Gasteiger partial charge in [0.25, 0.3) is 0 Å². The third kappa shape index (κ3) is 9.28. The quantitative estimate of drug-likeness (QED) is 0.251. The van der Waals surface area contributed by atoms with Crippen LogP contribution in [0.4, 0.5) is 0 Å². The number of amides is 2. The first-order chi connectivity index (χ1) is 8.11. The van der Waals surface area contributed by atoms with Crippen molar-refractivity contribution >= 4 is 33.4 Å². The zero-order chi connectivity index (χ0) is 13.1. The largest absolute Gasteiger partial charge is 0.355 e. The summed E-state index contributed by atoms with van der Waals surface area (Å²) in [6, 6.07) is -0.495. The monoisotopic (exact) mass is 280 g/mol. The maximum absolute atomic E-state index is 11.3. The number of carbonyl (C=O) groups is 2. The Morgan fingerprint density at radius 1 is 1.29 bits per heavy atom. The fourth-order valence-electron chi connectivity index (χ4n) is 0.898. The van der Waals surface area contributed by atoms with Crippen LogP contribution in [0.5, 0.6) is 0 Å². The number of nitrogens with two attached hydrogens (primary N) is 2. The highest BCUT2D eigenvalue weighted by Crippen LogP contribution is 2.22. The second-order valence-electron chi connectivity index (χ2n) is 3.16. The highest BCUT2D eigenvalue weighted by atomic mass is 33.1. The van der Waals surface area contributed by atoms with Crippen LogP contribution in [0.3, 0.4) is 0 Å². The summed E-state index contributed by atoms with van der Waals surface area (Å²) in [4.78, 5) is 22.3. The number of hydrogen-bond acceptors (Lipinski definition) is 6. The predicted molar refractivity (Wildman–Crippen MR) is 73.4 cm³/mol. The molecule has 0 radical (unpaired) electrons. The van der Waals surface area contributed by atoms with E-state index in [1.807, 2.05) is 6.92 Å². The van der Waals surface area contributed by atoms with Gasteiger partial charge in [-0.3, -0.25) is 9.59 Å². The van der Waals surface area contributed by atoms with E-state index in [9.17, 15) is 9.59 Å². The van der Waals surface area contributed by atoms with E-state index in [4.69, 9.17) is 11.5 Å². The first kappa shape index (κ1) is 16.6. The minimum Gasteiger partial charge on any atom is -0.355 e. The standard InChI is InChI=1S/C9H20N4O2S2/c1-2-12-9(15)7(11)5-17-16-4-3-8(14)13-6-10/h7H,2-6,10-11H2,1H3,(H,12,15)(H,13,14)/t7-/m0/s1. The van der Waals surface area contributed by atoms with Crippen LogP contribution in [0.2, 0.25) is 0 Å². The summed E-state index contributed by atoms with van der Waals surface area (Å²) in [6.07, 6.45) is 0.422. The fraction of sp³-hybridized carbons (Fsp3) is 0.778. The van der Waals surface area contributed by atoms with E-state index in [1.54, 1.807) is 0 Å². The molecule has 0 saturated carbocycles. The molecule has 8 heteroatoms. The zero-order valence-electron chi connectivity index (χ0n) is 9.90. The molecule has 0 aromatic rings. The van der Waals surface area contributed by atoms with E-state index < -0.39 is 6.04 Å². The number of carbonyl (C=O) groups excluding carboxylic acids is 2. The minimum atomic E-state index is -0.495. The third-order valence-corrected chi connectivity index (χ3v) is 4.17. The van der Waals surface area contributed by atoms with Crippen molar-refractivity contribution in [2.24, 2.45) is 11.5 Å². The second-order valence-corrected chi connectivity index (χ2v) is 5.79. The number of hydrogen-bond donors (Lipinski definition) is 4. The molecular weight excluding hydrogens is 260 g/mol. The van der Waals surface area contributed by atoms with E-state index in [0.717, 1.165) is 0 Å². The molecule has 1 atom stereocenters. The molecule has 0 aromatic carbocycles. The van der Waals surface area contributed by atoms with Gasteiger partial charge in [0, 0.05) is 24.5 Å². The first-order valence-electron chi connectivity index (χ1n) is 5.36. The van der Waals surface area contributed by atoms with E-state index in [2.05, 4.69) is 10.6 Å². The molecule has 0 rings (SSSR count). The van der Waals surface area contributed by atoms with Crippen molar-refractivity contribution < 1.29 is 9.59 Å². The molecule has 100 valence electrons. The number of rotatable bonds is 9. The summed E-state index contributed by atoms with van der Waals surface area (Å²) in [7, 11) is 3.02. The summed E-state index contributed by atoms with van der Waals surface area (Å²) in [5.41, 5.74) is 10.8. The molecule has 0 spiro atoms. The Bertz CT molecular complexity index is 241. The van der Waals surface area contributed by atoms with Crippen LogP contribution in [-0.4, -0.2) is 42.6 Å². The summed E-state index contributed by atoms with van der Waals surface area (Å²) in [5.74, 6) is 1.02. The Morgan fingerprint density at radius 3 is 2.59 bits per heavy atom. The van der Waals surface area contributed by atoms with Gasteiger partial charge in [-0.25, -0.2) is 0 Å². The van der Waals surface area contributed by atoms with E-state index >= 15 is 0 Å². The lowest BCUT2D eigenvalue weighted by Crippen LogP contribution is -2.41. The van der Waals surface area contributed by atoms with Crippen LogP contribution in [-0.2, 0) is 9.59 Å². The summed E-state index contributed by atoms with van der Waals surface area (Å²) in [5, 5.41) is 5.16. The average Bonchev–Trinajstić information content (AvgIpc) is 2.29. The summed E-state index contributed by atoms with van der Waals surface area (Å²) in [6.45, 7) is 2.60. The second kappa shape index (κ2) is 10.7. The summed E-state index contributed by atoms with van der Waals surface area (Å²) < 4.78 is 0. The molecule has 0 saturated heterocycles. The van der Waals surface area contributed by atoms with E-state index in [1.165, 1.54) is 21.6 Å². The molecule has 0 aromatic heterocycles. The average molecular weight is 280 g/mol. The van der Waals surface area contributed by atoms with Crippen LogP contribution >= 0.6 is 21.6 Å². The Kier molecular flexibility index (Phi) is 10.4. The maximum Gasteiger partial charge on any atom is 0.237 e. The normalized spacial score (nSPS) is 11.9. The molecule has 0 heterocycles. The molecule has 0 aliphatic carbocycles. The predicted octanol–water partition coefficient (Wildman–Crippen LogP) is -0.746. The van der Waals surface area contributed by atoms with Crippen LogP contribution in [0, 0.1) is 0 Å². The van der Waals surface area contributed by atoms with Gasteiger partial charge in [-0.05, 0) is 6.92 Å². The first-order valence-corrected chi connectivity index (χ1v) is 7.85. The molecule has 0 fully saturated rings. The molecular formula is C9H20N4O2S2. The highest BCUT2D eigenvalue weighted by Gasteiger charge is 2.12.